The maximum Gasteiger partial charge on any atom is 0.0651 e. The van der Waals surface area contributed by atoms with Gasteiger partial charge in [-0.3, -0.25) is 0 Å². The molecule has 1 nitrogen and oxygen atoms in total. The molecule has 0 heterocycles. The van der Waals surface area contributed by atoms with Crippen LogP contribution in [0.15, 0.2) is 24.8 Å². The van der Waals surface area contributed by atoms with Gasteiger partial charge in [-0.05, 0) is 57.3 Å². The fourth-order valence-electron chi connectivity index (χ4n) is 3.14. The van der Waals surface area contributed by atoms with Gasteiger partial charge in [0.25, 0.3) is 0 Å². The molecule has 0 radical (unpaired) electrons. The van der Waals surface area contributed by atoms with E-state index in [1.165, 1.54) is 24.8 Å². The summed E-state index contributed by atoms with van der Waals surface area (Å²) >= 11 is 0. The predicted octanol–water partition coefficient (Wildman–Crippen LogP) is 4.60. The summed E-state index contributed by atoms with van der Waals surface area (Å²) < 4.78 is 5.65. The second-order valence-electron chi connectivity index (χ2n) is 6.39. The molecule has 17 heavy (non-hydrogen) atoms. The van der Waals surface area contributed by atoms with Crippen molar-refractivity contribution >= 4 is 0 Å². The molecular weight excluding hydrogens is 208 g/mol. The van der Waals surface area contributed by atoms with E-state index in [1.807, 2.05) is 7.11 Å². The first-order valence-electron chi connectivity index (χ1n) is 6.61. The third-order valence-electron chi connectivity index (χ3n) is 4.92. The molecule has 1 aliphatic rings. The average Bonchev–Trinajstić information content (AvgIpc) is 2.28. The highest BCUT2D eigenvalue weighted by atomic mass is 16.5. The van der Waals surface area contributed by atoms with Crippen LogP contribution in [0.25, 0.3) is 0 Å². The molecule has 1 aliphatic carbocycles. The number of hydrogen-bond acceptors (Lipinski definition) is 1. The summed E-state index contributed by atoms with van der Waals surface area (Å²) in [6.07, 6.45) is 5.69. The molecule has 0 unspecified atom stereocenters. The molecule has 0 N–H and O–H groups in total. The summed E-state index contributed by atoms with van der Waals surface area (Å²) in [6, 6.07) is 0. The zero-order valence-electron chi connectivity index (χ0n) is 12.2. The van der Waals surface area contributed by atoms with E-state index in [4.69, 9.17) is 4.74 Å². The minimum atomic E-state index is -0.0315. The van der Waals surface area contributed by atoms with Gasteiger partial charge < -0.3 is 4.74 Å². The minimum Gasteiger partial charge on any atom is -0.379 e. The topological polar surface area (TPSA) is 9.23 Å². The van der Waals surface area contributed by atoms with Crippen molar-refractivity contribution in [2.24, 2.45) is 17.3 Å². The van der Waals surface area contributed by atoms with Crippen LogP contribution in [0.5, 0.6) is 0 Å². The highest BCUT2D eigenvalue weighted by Crippen LogP contribution is 2.50. The Kier molecular flexibility index (Phi) is 4.24. The molecule has 1 saturated carbocycles. The van der Waals surface area contributed by atoms with Crippen LogP contribution in [-0.2, 0) is 4.74 Å². The molecule has 0 aromatic carbocycles. The predicted molar refractivity (Wildman–Crippen MR) is 75.0 cm³/mol. The van der Waals surface area contributed by atoms with Crippen LogP contribution >= 0.6 is 0 Å². The Bertz CT molecular complexity index is 303. The number of allylic oxidation sites excluding steroid dienone is 2. The monoisotopic (exact) mass is 236 g/mol. The van der Waals surface area contributed by atoms with E-state index in [1.54, 1.807) is 0 Å². The molecule has 0 saturated heterocycles. The molecule has 1 rings (SSSR count). The molecular formula is C16H28O. The lowest BCUT2D eigenvalue weighted by Gasteiger charge is -2.47. The lowest BCUT2D eigenvalue weighted by atomic mass is 9.60. The summed E-state index contributed by atoms with van der Waals surface area (Å²) in [5, 5.41) is 0. The van der Waals surface area contributed by atoms with Crippen molar-refractivity contribution in [3.05, 3.63) is 24.8 Å². The van der Waals surface area contributed by atoms with E-state index < -0.39 is 0 Å². The van der Waals surface area contributed by atoms with Crippen molar-refractivity contribution in [2.75, 3.05) is 7.11 Å². The van der Waals surface area contributed by atoms with Gasteiger partial charge in [0.1, 0.15) is 0 Å². The van der Waals surface area contributed by atoms with Crippen molar-refractivity contribution in [1.82, 2.24) is 0 Å². The SMILES string of the molecule is C=C[C@]1(C)CC[C@@H](C(C)(C)OC)C[C@H]1C(=C)C. The van der Waals surface area contributed by atoms with Crippen LogP contribution < -0.4 is 0 Å². The van der Waals surface area contributed by atoms with Crippen molar-refractivity contribution in [3.63, 3.8) is 0 Å². The van der Waals surface area contributed by atoms with Gasteiger partial charge in [-0.2, -0.15) is 0 Å². The molecule has 0 aromatic rings. The Balaban J connectivity index is 2.90. The largest absolute Gasteiger partial charge is 0.379 e. The second kappa shape index (κ2) is 4.97. The normalized spacial score (nSPS) is 34.4. The zero-order chi connectivity index (χ0) is 13.3. The third-order valence-corrected chi connectivity index (χ3v) is 4.92. The summed E-state index contributed by atoms with van der Waals surface area (Å²) in [5.41, 5.74) is 1.46. The Morgan fingerprint density at radius 3 is 2.47 bits per heavy atom. The molecule has 3 atom stereocenters. The Morgan fingerprint density at radius 2 is 2.06 bits per heavy atom. The molecule has 0 aromatic heterocycles. The summed E-state index contributed by atoms with van der Waals surface area (Å²) in [7, 11) is 1.82. The van der Waals surface area contributed by atoms with E-state index in [9.17, 15) is 0 Å². The van der Waals surface area contributed by atoms with Gasteiger partial charge in [0.15, 0.2) is 0 Å². The van der Waals surface area contributed by atoms with Gasteiger partial charge in [-0.15, -0.1) is 6.58 Å². The zero-order valence-corrected chi connectivity index (χ0v) is 12.2. The third kappa shape index (κ3) is 2.82. The molecule has 98 valence electrons. The number of rotatable bonds is 4. The van der Waals surface area contributed by atoms with E-state index in [-0.39, 0.29) is 11.0 Å². The van der Waals surface area contributed by atoms with Crippen LogP contribution in [-0.4, -0.2) is 12.7 Å². The summed E-state index contributed by atoms with van der Waals surface area (Å²) in [4.78, 5) is 0. The maximum atomic E-state index is 5.65. The minimum absolute atomic E-state index is 0.0315. The maximum absolute atomic E-state index is 5.65. The Hall–Kier alpha value is -0.560. The van der Waals surface area contributed by atoms with E-state index >= 15 is 0 Å². The lowest BCUT2D eigenvalue weighted by Crippen LogP contribution is -2.42. The van der Waals surface area contributed by atoms with Gasteiger partial charge in [0.05, 0.1) is 5.60 Å². The fraction of sp³-hybridized carbons (Fsp3) is 0.750. The molecule has 0 aliphatic heterocycles. The molecule has 0 spiro atoms. The van der Waals surface area contributed by atoms with Crippen LogP contribution in [0, 0.1) is 17.3 Å². The van der Waals surface area contributed by atoms with Crippen LogP contribution in [0.1, 0.15) is 47.0 Å². The van der Waals surface area contributed by atoms with Crippen LogP contribution in [0.2, 0.25) is 0 Å². The molecule has 0 bridgehead atoms. The van der Waals surface area contributed by atoms with Crippen LogP contribution in [0.4, 0.5) is 0 Å². The van der Waals surface area contributed by atoms with Crippen LogP contribution in [0.3, 0.4) is 0 Å². The number of ether oxygens (including phenoxy) is 1. The summed E-state index contributed by atoms with van der Waals surface area (Å²) in [6.45, 7) is 17.1. The first-order chi connectivity index (χ1) is 7.77. The van der Waals surface area contributed by atoms with E-state index in [0.29, 0.717) is 11.8 Å². The number of methoxy groups -OCH3 is 1. The smallest absolute Gasteiger partial charge is 0.0651 e. The average molecular weight is 236 g/mol. The van der Waals surface area contributed by atoms with Crippen molar-refractivity contribution in [3.8, 4) is 0 Å². The second-order valence-corrected chi connectivity index (χ2v) is 6.39. The standard InChI is InChI=1S/C16H28O/c1-8-16(6)10-9-13(15(4,5)17-7)11-14(16)12(2)3/h8,13-14H,1-2,9-11H2,3-7H3/t13-,14+,16-/m1/s1. The first-order valence-corrected chi connectivity index (χ1v) is 6.61. The van der Waals surface area contributed by atoms with Crippen molar-refractivity contribution in [1.29, 1.82) is 0 Å². The van der Waals surface area contributed by atoms with Gasteiger partial charge in [0.2, 0.25) is 0 Å². The van der Waals surface area contributed by atoms with Crippen molar-refractivity contribution in [2.45, 2.75) is 52.6 Å². The highest BCUT2D eigenvalue weighted by Gasteiger charge is 2.42. The van der Waals surface area contributed by atoms with Gasteiger partial charge in [-0.1, -0.05) is 25.2 Å². The van der Waals surface area contributed by atoms with Gasteiger partial charge >= 0.3 is 0 Å². The van der Waals surface area contributed by atoms with Gasteiger partial charge in [0, 0.05) is 7.11 Å². The lowest BCUT2D eigenvalue weighted by molar-refractivity contribution is -0.0574. The van der Waals surface area contributed by atoms with E-state index in [0.717, 1.165) is 0 Å². The van der Waals surface area contributed by atoms with Gasteiger partial charge in [-0.25, -0.2) is 0 Å². The Labute approximate surface area is 107 Å². The first kappa shape index (κ1) is 14.5. The molecule has 0 amide bonds. The van der Waals surface area contributed by atoms with Crippen molar-refractivity contribution < 1.29 is 4.74 Å². The van der Waals surface area contributed by atoms with E-state index in [2.05, 4.69) is 46.9 Å². The highest BCUT2D eigenvalue weighted by molar-refractivity contribution is 5.12. The quantitative estimate of drug-likeness (QED) is 0.648. The summed E-state index contributed by atoms with van der Waals surface area (Å²) in [5.74, 6) is 1.15. The Morgan fingerprint density at radius 1 is 1.47 bits per heavy atom. The molecule has 1 fully saturated rings. The fourth-order valence-corrected chi connectivity index (χ4v) is 3.14. The molecule has 1 heteroatoms. The number of hydrogen-bond donors (Lipinski definition) is 0.